The number of allylic oxidation sites excluding steroid dienone is 1. The lowest BCUT2D eigenvalue weighted by atomic mass is 9.83. The Kier molecular flexibility index (Phi) is 5.31. The fourth-order valence-electron chi connectivity index (χ4n) is 4.39. The summed E-state index contributed by atoms with van der Waals surface area (Å²) in [5.41, 5.74) is 10.3. The van der Waals surface area contributed by atoms with E-state index < -0.39 is 11.5 Å². The maximum absolute atomic E-state index is 13.1. The fraction of sp³-hybridized carbons (Fsp3) is 0.143. The molecule has 0 aliphatic carbocycles. The summed E-state index contributed by atoms with van der Waals surface area (Å²) in [5.74, 6) is 0.406. The van der Waals surface area contributed by atoms with Gasteiger partial charge in [-0.25, -0.2) is 4.79 Å². The first-order valence-corrected chi connectivity index (χ1v) is 11.0. The Bertz CT molecular complexity index is 1540. The van der Waals surface area contributed by atoms with Gasteiger partial charge in [0.15, 0.2) is 5.75 Å². The van der Waals surface area contributed by atoms with Crippen molar-refractivity contribution in [3.63, 3.8) is 0 Å². The molecule has 1 atom stereocenters. The molecule has 1 aromatic heterocycles. The number of rotatable bonds is 4. The molecule has 0 saturated heterocycles. The molecule has 4 aromatic rings. The van der Waals surface area contributed by atoms with Gasteiger partial charge in [0.1, 0.15) is 23.0 Å². The molecule has 0 fully saturated rings. The number of aryl methyl sites for hydroxylation is 1. The highest BCUT2D eigenvalue weighted by atomic mass is 16.5. The molecular formula is C28H22N2O4. The van der Waals surface area contributed by atoms with E-state index in [1.165, 1.54) is 0 Å². The molecule has 0 saturated carbocycles. The minimum atomic E-state index is -0.695. The number of fused-ring (bicyclic) bond motifs is 3. The molecule has 34 heavy (non-hydrogen) atoms. The second kappa shape index (κ2) is 8.45. The molecule has 2 heterocycles. The summed E-state index contributed by atoms with van der Waals surface area (Å²) < 4.78 is 16.8. The first kappa shape index (κ1) is 21.4. The summed E-state index contributed by atoms with van der Waals surface area (Å²) in [5, 5.41) is 10.5. The van der Waals surface area contributed by atoms with E-state index in [9.17, 15) is 10.1 Å². The van der Waals surface area contributed by atoms with Crippen LogP contribution in [0.1, 0.15) is 29.5 Å². The van der Waals surface area contributed by atoms with Crippen molar-refractivity contribution in [2.45, 2.75) is 19.3 Å². The molecule has 168 valence electrons. The Morgan fingerprint density at radius 2 is 1.85 bits per heavy atom. The van der Waals surface area contributed by atoms with Crippen LogP contribution < -0.4 is 20.8 Å². The van der Waals surface area contributed by atoms with Crippen LogP contribution in [0.4, 0.5) is 0 Å². The summed E-state index contributed by atoms with van der Waals surface area (Å²) in [6, 6.07) is 23.2. The largest absolute Gasteiger partial charge is 0.497 e. The molecule has 1 aliphatic heterocycles. The molecule has 1 aliphatic rings. The topological polar surface area (TPSA) is 98.5 Å². The van der Waals surface area contributed by atoms with Crippen molar-refractivity contribution in [3.8, 4) is 28.7 Å². The second-order valence-electron chi connectivity index (χ2n) is 8.10. The monoisotopic (exact) mass is 450 g/mol. The summed E-state index contributed by atoms with van der Waals surface area (Å²) >= 11 is 0. The first-order valence-electron chi connectivity index (χ1n) is 11.0. The highest BCUT2D eigenvalue weighted by Gasteiger charge is 2.35. The summed E-state index contributed by atoms with van der Waals surface area (Å²) in [6.07, 6.45) is 0.813. The van der Waals surface area contributed by atoms with Crippen LogP contribution in [0.3, 0.4) is 0 Å². The van der Waals surface area contributed by atoms with Gasteiger partial charge in [-0.3, -0.25) is 0 Å². The highest BCUT2D eigenvalue weighted by molar-refractivity contribution is 5.86. The van der Waals surface area contributed by atoms with E-state index in [-0.39, 0.29) is 17.0 Å². The molecular weight excluding hydrogens is 428 g/mol. The van der Waals surface area contributed by atoms with E-state index in [0.29, 0.717) is 16.7 Å². The molecule has 0 radical (unpaired) electrons. The van der Waals surface area contributed by atoms with E-state index >= 15 is 0 Å². The predicted octanol–water partition coefficient (Wildman–Crippen LogP) is 5.25. The third-order valence-corrected chi connectivity index (χ3v) is 6.19. The van der Waals surface area contributed by atoms with Gasteiger partial charge in [0.05, 0.1) is 24.0 Å². The summed E-state index contributed by atoms with van der Waals surface area (Å²) in [6.45, 7) is 2.04. The van der Waals surface area contributed by atoms with Gasteiger partial charge in [-0.2, -0.15) is 5.26 Å². The summed E-state index contributed by atoms with van der Waals surface area (Å²) in [4.78, 5) is 13.1. The van der Waals surface area contributed by atoms with E-state index in [4.69, 9.17) is 19.6 Å². The molecule has 6 heteroatoms. The number of nitrogens with two attached hydrogens (primary N) is 1. The van der Waals surface area contributed by atoms with Gasteiger partial charge >= 0.3 is 5.63 Å². The van der Waals surface area contributed by atoms with Crippen molar-refractivity contribution >= 4 is 11.0 Å². The van der Waals surface area contributed by atoms with Crippen LogP contribution in [0.15, 0.2) is 87.4 Å². The number of nitrogens with zero attached hydrogens (tertiary/aromatic N) is 1. The van der Waals surface area contributed by atoms with Gasteiger partial charge in [-0.1, -0.05) is 49.4 Å². The Morgan fingerprint density at radius 1 is 1.06 bits per heavy atom. The SMILES string of the molecule is CCc1ccc2oc(=O)c3c(c2c1)OC(N)=C(C#N)C3c1ccc(-c2cccc(OC)c2)cc1. The maximum Gasteiger partial charge on any atom is 0.344 e. The average Bonchev–Trinajstić information content (AvgIpc) is 2.88. The Labute approximate surface area is 196 Å². The quantitative estimate of drug-likeness (QED) is 0.427. The Balaban J connectivity index is 1.68. The van der Waals surface area contributed by atoms with Gasteiger partial charge < -0.3 is 19.6 Å². The molecule has 6 nitrogen and oxygen atoms in total. The molecule has 3 aromatic carbocycles. The number of benzene rings is 3. The van der Waals surface area contributed by atoms with Gasteiger partial charge in [-0.15, -0.1) is 0 Å². The third-order valence-electron chi connectivity index (χ3n) is 6.19. The second-order valence-corrected chi connectivity index (χ2v) is 8.10. The van der Waals surface area contributed by atoms with Crippen LogP contribution >= 0.6 is 0 Å². The number of ether oxygens (including phenoxy) is 2. The molecule has 1 unspecified atom stereocenters. The van der Waals surface area contributed by atoms with Crippen LogP contribution in [0, 0.1) is 11.3 Å². The van der Waals surface area contributed by atoms with Gasteiger partial charge in [0.2, 0.25) is 5.88 Å². The predicted molar refractivity (Wildman–Crippen MR) is 130 cm³/mol. The van der Waals surface area contributed by atoms with Crippen molar-refractivity contribution in [1.29, 1.82) is 5.26 Å². The zero-order chi connectivity index (χ0) is 23.8. The standard InChI is InChI=1S/C28H22N2O4/c1-3-16-7-12-23-21(13-16)26-25(28(31)33-23)24(22(15-29)27(30)34-26)18-10-8-17(9-11-18)19-5-4-6-20(14-19)32-2/h4-14,24H,3,30H2,1-2H3. The smallest absolute Gasteiger partial charge is 0.344 e. The van der Waals surface area contributed by atoms with Crippen molar-refractivity contribution in [1.82, 2.24) is 0 Å². The van der Waals surface area contributed by atoms with Crippen LogP contribution in [-0.4, -0.2) is 7.11 Å². The van der Waals surface area contributed by atoms with Crippen molar-refractivity contribution in [2.24, 2.45) is 5.73 Å². The molecule has 5 rings (SSSR count). The molecule has 2 N–H and O–H groups in total. The third kappa shape index (κ3) is 3.48. The zero-order valence-corrected chi connectivity index (χ0v) is 18.8. The lowest BCUT2D eigenvalue weighted by Crippen LogP contribution is -2.26. The van der Waals surface area contributed by atoms with Crippen molar-refractivity contribution in [2.75, 3.05) is 7.11 Å². The normalized spacial score (nSPS) is 14.9. The van der Waals surface area contributed by atoms with Crippen molar-refractivity contribution in [3.05, 3.63) is 105 Å². The number of nitriles is 1. The van der Waals surface area contributed by atoms with Gasteiger partial charge in [-0.05, 0) is 52.9 Å². The first-order chi connectivity index (χ1) is 16.5. The molecule has 0 bridgehead atoms. The highest BCUT2D eigenvalue weighted by Crippen LogP contribution is 2.44. The number of hydrogen-bond acceptors (Lipinski definition) is 6. The zero-order valence-electron chi connectivity index (χ0n) is 18.8. The van der Waals surface area contributed by atoms with Crippen LogP contribution in [0.2, 0.25) is 0 Å². The minimum Gasteiger partial charge on any atom is -0.497 e. The Morgan fingerprint density at radius 3 is 2.56 bits per heavy atom. The lowest BCUT2D eigenvalue weighted by molar-refractivity contribution is 0.388. The number of hydrogen-bond donors (Lipinski definition) is 1. The van der Waals surface area contributed by atoms with Gasteiger partial charge in [0, 0.05) is 0 Å². The molecule has 0 amide bonds. The fourth-order valence-corrected chi connectivity index (χ4v) is 4.39. The minimum absolute atomic E-state index is 0.00864. The average molecular weight is 450 g/mol. The summed E-state index contributed by atoms with van der Waals surface area (Å²) in [7, 11) is 1.63. The van der Waals surface area contributed by atoms with Crippen LogP contribution in [0.25, 0.3) is 22.1 Å². The van der Waals surface area contributed by atoms with E-state index in [2.05, 4.69) is 6.07 Å². The lowest BCUT2D eigenvalue weighted by Gasteiger charge is -2.26. The van der Waals surface area contributed by atoms with Crippen LogP contribution in [-0.2, 0) is 6.42 Å². The Hall–Kier alpha value is -4.50. The van der Waals surface area contributed by atoms with E-state index in [1.807, 2.05) is 67.6 Å². The number of methoxy groups -OCH3 is 1. The molecule has 0 spiro atoms. The van der Waals surface area contributed by atoms with Crippen LogP contribution in [0.5, 0.6) is 11.5 Å². The van der Waals surface area contributed by atoms with E-state index in [1.54, 1.807) is 13.2 Å². The maximum atomic E-state index is 13.1. The van der Waals surface area contributed by atoms with E-state index in [0.717, 1.165) is 34.4 Å². The van der Waals surface area contributed by atoms with Crippen molar-refractivity contribution < 1.29 is 13.9 Å². The van der Waals surface area contributed by atoms with Gasteiger partial charge in [0.25, 0.3) is 0 Å².